The minimum Gasteiger partial charge on any atom is -0.299 e. The van der Waals surface area contributed by atoms with Crippen molar-refractivity contribution in [3.8, 4) is 11.8 Å². The summed E-state index contributed by atoms with van der Waals surface area (Å²) in [5, 5.41) is 0. The van der Waals surface area contributed by atoms with Gasteiger partial charge in [0.1, 0.15) is 23.3 Å². The van der Waals surface area contributed by atoms with E-state index in [0.29, 0.717) is 31.0 Å². The summed E-state index contributed by atoms with van der Waals surface area (Å²) in [5.41, 5.74) is 3.27. The highest BCUT2D eigenvalue weighted by atomic mass is 16.2. The molecule has 3 heteroatoms. The van der Waals surface area contributed by atoms with Crippen LogP contribution in [-0.2, 0) is 14.4 Å². The fraction of sp³-hybridized carbons (Fsp3) is 0.607. The van der Waals surface area contributed by atoms with Gasteiger partial charge in [-0.3, -0.25) is 14.4 Å². The molecule has 0 aromatic heterocycles. The van der Waals surface area contributed by atoms with Gasteiger partial charge in [-0.25, -0.2) is 0 Å². The Hall–Kier alpha value is -2.21. The second-order valence-electron chi connectivity index (χ2n) is 10.9. The number of hydrogen-bond acceptors (Lipinski definition) is 3. The first kappa shape index (κ1) is 23.5. The van der Waals surface area contributed by atoms with Gasteiger partial charge in [0.2, 0.25) is 0 Å². The van der Waals surface area contributed by atoms with Gasteiger partial charge in [-0.15, -0.1) is 5.92 Å². The molecule has 0 heterocycles. The first-order chi connectivity index (χ1) is 14.5. The molecule has 1 aromatic carbocycles. The van der Waals surface area contributed by atoms with E-state index in [2.05, 4.69) is 11.8 Å². The molecule has 2 saturated carbocycles. The van der Waals surface area contributed by atoms with Gasteiger partial charge in [0, 0.05) is 30.2 Å². The summed E-state index contributed by atoms with van der Waals surface area (Å²) >= 11 is 0. The summed E-state index contributed by atoms with van der Waals surface area (Å²) in [6.07, 6.45) is 5.22. The second kappa shape index (κ2) is 8.73. The van der Waals surface area contributed by atoms with Gasteiger partial charge in [-0.1, -0.05) is 26.7 Å². The van der Waals surface area contributed by atoms with Crippen LogP contribution in [-0.4, -0.2) is 17.3 Å². The smallest absolute Gasteiger partial charge is 0.148 e. The normalized spacial score (nSPS) is 26.5. The summed E-state index contributed by atoms with van der Waals surface area (Å²) in [4.78, 5) is 39.0. The Labute approximate surface area is 187 Å². The van der Waals surface area contributed by atoms with Gasteiger partial charge in [-0.05, 0) is 86.6 Å². The maximum absolute atomic E-state index is 13.3. The van der Waals surface area contributed by atoms with E-state index in [-0.39, 0.29) is 22.4 Å². The lowest BCUT2D eigenvalue weighted by atomic mass is 9.59. The zero-order valence-corrected chi connectivity index (χ0v) is 20.0. The summed E-state index contributed by atoms with van der Waals surface area (Å²) < 4.78 is 0. The zero-order valence-electron chi connectivity index (χ0n) is 20.0. The molecule has 0 amide bonds. The average molecular weight is 421 g/mol. The first-order valence-electron chi connectivity index (χ1n) is 11.6. The Morgan fingerprint density at radius 2 is 1.55 bits per heavy atom. The van der Waals surface area contributed by atoms with Crippen LogP contribution in [0.4, 0.5) is 0 Å². The summed E-state index contributed by atoms with van der Waals surface area (Å²) in [6, 6.07) is 3.97. The van der Waals surface area contributed by atoms with Crippen LogP contribution in [0.2, 0.25) is 0 Å². The maximum atomic E-state index is 13.3. The molecule has 31 heavy (non-hydrogen) atoms. The predicted molar refractivity (Wildman–Crippen MR) is 124 cm³/mol. The van der Waals surface area contributed by atoms with E-state index >= 15 is 0 Å². The highest BCUT2D eigenvalue weighted by Crippen LogP contribution is 2.50. The first-order valence-corrected chi connectivity index (χ1v) is 11.6. The second-order valence-corrected chi connectivity index (χ2v) is 10.9. The molecule has 2 fully saturated rings. The van der Waals surface area contributed by atoms with Crippen molar-refractivity contribution < 1.29 is 14.4 Å². The fourth-order valence-electron chi connectivity index (χ4n) is 5.57. The number of carbonyl (C=O) groups excluding carboxylic acids is 3. The van der Waals surface area contributed by atoms with Crippen molar-refractivity contribution in [3.63, 3.8) is 0 Å². The van der Waals surface area contributed by atoms with E-state index < -0.39 is 5.92 Å². The third-order valence-corrected chi connectivity index (χ3v) is 7.37. The summed E-state index contributed by atoms with van der Waals surface area (Å²) in [5.74, 6) is 6.19. The lowest BCUT2D eigenvalue weighted by molar-refractivity contribution is -0.139. The lowest BCUT2D eigenvalue weighted by Gasteiger charge is -2.44. The van der Waals surface area contributed by atoms with Gasteiger partial charge >= 0.3 is 0 Å². The SMILES string of the molecule is CC#Cc1cc(C)c(C2C(=O)CC3(CCC(CC(=O)C(C)(C)C)CC3)CC2=O)c(C)c1. The van der Waals surface area contributed by atoms with E-state index in [9.17, 15) is 14.4 Å². The van der Waals surface area contributed by atoms with Crippen LogP contribution in [0.15, 0.2) is 12.1 Å². The molecular formula is C28H36O3. The molecule has 0 N–H and O–H groups in total. The highest BCUT2D eigenvalue weighted by Gasteiger charge is 2.47. The average Bonchev–Trinajstić information content (AvgIpc) is 2.65. The number of carbonyl (C=O) groups is 3. The van der Waals surface area contributed by atoms with Crippen molar-refractivity contribution in [2.24, 2.45) is 16.7 Å². The van der Waals surface area contributed by atoms with E-state index in [1.54, 1.807) is 6.92 Å². The van der Waals surface area contributed by atoms with Crippen molar-refractivity contribution in [2.75, 3.05) is 0 Å². The standard InChI is InChI=1S/C28H36O3/c1-7-8-21-13-18(2)25(19(3)14-21)26-22(29)16-28(17-23(26)30)11-9-20(10-12-28)15-24(31)27(4,5)6/h13-14,20,26H,9-12,15-17H2,1-6H3. The zero-order chi connectivity index (χ0) is 23.0. The van der Waals surface area contributed by atoms with Crippen LogP contribution in [0.3, 0.4) is 0 Å². The number of rotatable bonds is 3. The number of hydrogen-bond donors (Lipinski definition) is 0. The van der Waals surface area contributed by atoms with E-state index in [4.69, 9.17) is 0 Å². The molecule has 166 valence electrons. The van der Waals surface area contributed by atoms with Crippen molar-refractivity contribution in [2.45, 2.75) is 92.4 Å². The third-order valence-electron chi connectivity index (χ3n) is 7.37. The molecule has 1 aromatic rings. The van der Waals surface area contributed by atoms with E-state index in [0.717, 1.165) is 47.9 Å². The van der Waals surface area contributed by atoms with Crippen LogP contribution in [0.1, 0.15) is 101 Å². The van der Waals surface area contributed by atoms with Crippen molar-refractivity contribution >= 4 is 17.3 Å². The molecule has 1 spiro atoms. The van der Waals surface area contributed by atoms with Crippen LogP contribution < -0.4 is 0 Å². The molecule has 0 bridgehead atoms. The molecule has 2 aliphatic carbocycles. The Morgan fingerprint density at radius 3 is 2.00 bits per heavy atom. The van der Waals surface area contributed by atoms with Crippen molar-refractivity contribution in [3.05, 3.63) is 34.4 Å². The molecule has 0 unspecified atom stereocenters. The molecule has 0 aliphatic heterocycles. The molecule has 3 nitrogen and oxygen atoms in total. The van der Waals surface area contributed by atoms with Crippen LogP contribution >= 0.6 is 0 Å². The highest BCUT2D eigenvalue weighted by molar-refractivity contribution is 6.10. The monoisotopic (exact) mass is 420 g/mol. The number of Topliss-reactive ketones (excluding diaryl/α,β-unsaturated/α-hetero) is 3. The van der Waals surface area contributed by atoms with Crippen LogP contribution in [0, 0.1) is 42.4 Å². The fourth-order valence-corrected chi connectivity index (χ4v) is 5.57. The topological polar surface area (TPSA) is 51.2 Å². The summed E-state index contributed by atoms with van der Waals surface area (Å²) in [6.45, 7) is 11.7. The van der Waals surface area contributed by atoms with Crippen molar-refractivity contribution in [1.29, 1.82) is 0 Å². The number of ketones is 3. The Morgan fingerprint density at radius 1 is 1.03 bits per heavy atom. The van der Waals surface area contributed by atoms with Crippen molar-refractivity contribution in [1.82, 2.24) is 0 Å². The van der Waals surface area contributed by atoms with Crippen LogP contribution in [0.25, 0.3) is 0 Å². The van der Waals surface area contributed by atoms with Crippen LogP contribution in [0.5, 0.6) is 0 Å². The quantitative estimate of drug-likeness (QED) is 0.454. The Balaban J connectivity index is 1.73. The number of aryl methyl sites for hydroxylation is 2. The van der Waals surface area contributed by atoms with Gasteiger partial charge in [0.25, 0.3) is 0 Å². The molecule has 0 saturated heterocycles. The predicted octanol–water partition coefficient (Wildman–Crippen LogP) is 5.87. The number of benzene rings is 1. The van der Waals surface area contributed by atoms with E-state index in [1.165, 1.54) is 0 Å². The molecular weight excluding hydrogens is 384 g/mol. The minimum absolute atomic E-state index is 0.0704. The van der Waals surface area contributed by atoms with E-state index in [1.807, 2.05) is 46.8 Å². The molecule has 3 rings (SSSR count). The lowest BCUT2D eigenvalue weighted by Crippen LogP contribution is -2.42. The van der Waals surface area contributed by atoms with Gasteiger partial charge < -0.3 is 0 Å². The molecule has 0 atom stereocenters. The summed E-state index contributed by atoms with van der Waals surface area (Å²) in [7, 11) is 0. The maximum Gasteiger partial charge on any atom is 0.148 e. The Kier molecular flexibility index (Phi) is 6.61. The Bertz CT molecular complexity index is 913. The molecule has 2 aliphatic rings. The van der Waals surface area contributed by atoms with Gasteiger partial charge in [0.05, 0.1) is 0 Å². The van der Waals surface area contributed by atoms with Gasteiger partial charge in [0.15, 0.2) is 0 Å². The van der Waals surface area contributed by atoms with Gasteiger partial charge in [-0.2, -0.15) is 0 Å². The minimum atomic E-state index is -0.630. The largest absolute Gasteiger partial charge is 0.299 e. The third kappa shape index (κ3) is 5.00. The molecule has 0 radical (unpaired) electrons.